The highest BCUT2D eigenvalue weighted by atomic mass is 35.5. The van der Waals surface area contributed by atoms with Gasteiger partial charge in [0.1, 0.15) is 0 Å². The first kappa shape index (κ1) is 9.85. The first-order chi connectivity index (χ1) is 5.65. The van der Waals surface area contributed by atoms with E-state index < -0.39 is 0 Å². The highest BCUT2D eigenvalue weighted by molar-refractivity contribution is 6.35. The van der Waals surface area contributed by atoms with Crippen LogP contribution >= 0.6 is 23.2 Å². The highest BCUT2D eigenvalue weighted by Gasteiger charge is 2.07. The smallest absolute Gasteiger partial charge is 0.0468 e. The van der Waals surface area contributed by atoms with Gasteiger partial charge in [-0.25, -0.2) is 0 Å². The zero-order valence-electron chi connectivity index (χ0n) is 6.85. The Hall–Kier alpha value is -0.240. The fourth-order valence-electron chi connectivity index (χ4n) is 1.02. The molecule has 2 N–H and O–H groups in total. The molecule has 0 radical (unpaired) electrons. The van der Waals surface area contributed by atoms with Crippen LogP contribution in [0.4, 0.5) is 0 Å². The molecule has 0 amide bonds. The van der Waals surface area contributed by atoms with Crippen LogP contribution in [-0.4, -0.2) is 0 Å². The minimum Gasteiger partial charge on any atom is -0.324 e. The van der Waals surface area contributed by atoms with Crippen LogP contribution < -0.4 is 5.73 Å². The molecule has 66 valence electrons. The number of benzene rings is 1. The van der Waals surface area contributed by atoms with E-state index in [9.17, 15) is 0 Å². The molecule has 3 heteroatoms. The van der Waals surface area contributed by atoms with E-state index in [1.807, 2.05) is 13.0 Å². The van der Waals surface area contributed by atoms with Crippen molar-refractivity contribution in [3.63, 3.8) is 0 Å². The standard InChI is InChI=1S/C9H11Cl2N/c1-2-9(12)7-4-3-6(10)5-8(7)11/h3-5,9H,2,12H2,1H3/t9-/m0/s1. The summed E-state index contributed by atoms with van der Waals surface area (Å²) in [5.41, 5.74) is 6.78. The van der Waals surface area contributed by atoms with E-state index in [0.717, 1.165) is 12.0 Å². The van der Waals surface area contributed by atoms with Crippen LogP contribution in [-0.2, 0) is 0 Å². The van der Waals surface area contributed by atoms with Gasteiger partial charge in [0.15, 0.2) is 0 Å². The van der Waals surface area contributed by atoms with Gasteiger partial charge in [0.05, 0.1) is 0 Å². The summed E-state index contributed by atoms with van der Waals surface area (Å²) in [6, 6.07) is 5.40. The van der Waals surface area contributed by atoms with Crippen molar-refractivity contribution in [2.24, 2.45) is 5.73 Å². The number of hydrogen-bond acceptors (Lipinski definition) is 1. The molecule has 12 heavy (non-hydrogen) atoms. The summed E-state index contributed by atoms with van der Waals surface area (Å²) in [4.78, 5) is 0. The first-order valence-electron chi connectivity index (χ1n) is 3.85. The van der Waals surface area contributed by atoms with Crippen molar-refractivity contribution in [2.75, 3.05) is 0 Å². The van der Waals surface area contributed by atoms with E-state index in [-0.39, 0.29) is 6.04 Å². The third kappa shape index (κ3) is 2.13. The van der Waals surface area contributed by atoms with E-state index in [2.05, 4.69) is 0 Å². The van der Waals surface area contributed by atoms with Crippen molar-refractivity contribution in [1.29, 1.82) is 0 Å². The molecule has 0 unspecified atom stereocenters. The second kappa shape index (κ2) is 4.13. The zero-order chi connectivity index (χ0) is 9.14. The van der Waals surface area contributed by atoms with Gasteiger partial charge in [-0.05, 0) is 24.1 Å². The zero-order valence-corrected chi connectivity index (χ0v) is 8.36. The number of halogens is 2. The highest BCUT2D eigenvalue weighted by Crippen LogP contribution is 2.26. The Bertz CT molecular complexity index is 273. The average molecular weight is 204 g/mol. The van der Waals surface area contributed by atoms with Gasteiger partial charge in [-0.3, -0.25) is 0 Å². The summed E-state index contributed by atoms with van der Waals surface area (Å²) >= 11 is 11.7. The van der Waals surface area contributed by atoms with Gasteiger partial charge in [-0.1, -0.05) is 36.2 Å². The normalized spacial score (nSPS) is 13.0. The Balaban J connectivity index is 3.01. The van der Waals surface area contributed by atoms with Crippen LogP contribution in [0.25, 0.3) is 0 Å². The number of rotatable bonds is 2. The molecule has 0 fully saturated rings. The molecule has 1 aromatic carbocycles. The van der Waals surface area contributed by atoms with Crippen LogP contribution in [0.5, 0.6) is 0 Å². The van der Waals surface area contributed by atoms with Gasteiger partial charge < -0.3 is 5.73 Å². The largest absolute Gasteiger partial charge is 0.324 e. The topological polar surface area (TPSA) is 26.0 Å². The van der Waals surface area contributed by atoms with Gasteiger partial charge in [0, 0.05) is 16.1 Å². The molecule has 0 aliphatic rings. The van der Waals surface area contributed by atoms with Crippen LogP contribution in [0.15, 0.2) is 18.2 Å². The molecule has 1 rings (SSSR count). The second-order valence-electron chi connectivity index (χ2n) is 2.68. The SMILES string of the molecule is CC[C@H](N)c1ccc(Cl)cc1Cl. The molecule has 0 aliphatic heterocycles. The molecule has 0 aromatic heterocycles. The predicted molar refractivity (Wildman–Crippen MR) is 53.7 cm³/mol. The molecule has 1 aromatic rings. The lowest BCUT2D eigenvalue weighted by Gasteiger charge is -2.10. The maximum atomic E-state index is 5.94. The summed E-state index contributed by atoms with van der Waals surface area (Å²) in [6.45, 7) is 2.02. The van der Waals surface area contributed by atoms with Crippen LogP contribution in [0.2, 0.25) is 10.0 Å². The Kier molecular flexibility index (Phi) is 3.39. The Labute approximate surface area is 82.5 Å². The second-order valence-corrected chi connectivity index (χ2v) is 3.52. The van der Waals surface area contributed by atoms with Crippen LogP contribution in [0, 0.1) is 0 Å². The van der Waals surface area contributed by atoms with E-state index >= 15 is 0 Å². The lowest BCUT2D eigenvalue weighted by atomic mass is 10.1. The van der Waals surface area contributed by atoms with Crippen molar-refractivity contribution < 1.29 is 0 Å². The fourth-order valence-corrected chi connectivity index (χ4v) is 1.57. The summed E-state index contributed by atoms with van der Waals surface area (Å²) in [6.07, 6.45) is 0.876. The maximum absolute atomic E-state index is 5.94. The molecule has 0 saturated carbocycles. The van der Waals surface area contributed by atoms with Gasteiger partial charge in [-0.2, -0.15) is 0 Å². The van der Waals surface area contributed by atoms with Crippen LogP contribution in [0.1, 0.15) is 24.9 Å². The van der Waals surface area contributed by atoms with E-state index in [1.165, 1.54) is 0 Å². The van der Waals surface area contributed by atoms with E-state index in [4.69, 9.17) is 28.9 Å². The van der Waals surface area contributed by atoms with Crippen molar-refractivity contribution in [1.82, 2.24) is 0 Å². The molecule has 0 spiro atoms. The Morgan fingerprint density at radius 1 is 1.42 bits per heavy atom. The minimum absolute atomic E-state index is 0.00904. The van der Waals surface area contributed by atoms with Crippen LogP contribution in [0.3, 0.4) is 0 Å². The lowest BCUT2D eigenvalue weighted by Crippen LogP contribution is -2.08. The van der Waals surface area contributed by atoms with Crippen molar-refractivity contribution in [2.45, 2.75) is 19.4 Å². The molecule has 0 bridgehead atoms. The van der Waals surface area contributed by atoms with Gasteiger partial charge in [0.25, 0.3) is 0 Å². The molecular weight excluding hydrogens is 193 g/mol. The Morgan fingerprint density at radius 3 is 2.58 bits per heavy atom. The summed E-state index contributed by atoms with van der Waals surface area (Å²) in [5, 5.41) is 1.30. The van der Waals surface area contributed by atoms with Crippen molar-refractivity contribution >= 4 is 23.2 Å². The van der Waals surface area contributed by atoms with E-state index in [1.54, 1.807) is 12.1 Å². The maximum Gasteiger partial charge on any atom is 0.0468 e. The van der Waals surface area contributed by atoms with Crippen molar-refractivity contribution in [3.05, 3.63) is 33.8 Å². The monoisotopic (exact) mass is 203 g/mol. The predicted octanol–water partition coefficient (Wildman–Crippen LogP) is 3.40. The summed E-state index contributed by atoms with van der Waals surface area (Å²) in [5.74, 6) is 0. The number of hydrogen-bond donors (Lipinski definition) is 1. The molecule has 0 heterocycles. The number of nitrogens with two attached hydrogens (primary N) is 1. The third-order valence-electron chi connectivity index (χ3n) is 1.80. The molecule has 1 nitrogen and oxygen atoms in total. The first-order valence-corrected chi connectivity index (χ1v) is 4.61. The van der Waals surface area contributed by atoms with Gasteiger partial charge in [-0.15, -0.1) is 0 Å². The summed E-state index contributed by atoms with van der Waals surface area (Å²) in [7, 11) is 0. The average Bonchev–Trinajstić information content (AvgIpc) is 2.03. The van der Waals surface area contributed by atoms with E-state index in [0.29, 0.717) is 10.0 Å². The minimum atomic E-state index is 0.00904. The van der Waals surface area contributed by atoms with Gasteiger partial charge >= 0.3 is 0 Å². The third-order valence-corrected chi connectivity index (χ3v) is 2.36. The van der Waals surface area contributed by atoms with Gasteiger partial charge in [0.2, 0.25) is 0 Å². The summed E-state index contributed by atoms with van der Waals surface area (Å²) < 4.78 is 0. The molecular formula is C9H11Cl2N. The quantitative estimate of drug-likeness (QED) is 0.784. The molecule has 0 aliphatic carbocycles. The van der Waals surface area contributed by atoms with Crippen molar-refractivity contribution in [3.8, 4) is 0 Å². The lowest BCUT2D eigenvalue weighted by molar-refractivity contribution is 0.699. The molecule has 0 saturated heterocycles. The fraction of sp³-hybridized carbons (Fsp3) is 0.333. The molecule has 1 atom stereocenters. The Morgan fingerprint density at radius 2 is 2.08 bits per heavy atom.